The first-order chi connectivity index (χ1) is 15.4. The molecule has 1 aliphatic rings. The molecule has 0 radical (unpaired) electrons. The van der Waals surface area contributed by atoms with Crippen LogP contribution >= 0.6 is 0 Å². The van der Waals surface area contributed by atoms with Gasteiger partial charge in [0.1, 0.15) is 0 Å². The average molecular weight is 450 g/mol. The van der Waals surface area contributed by atoms with Crippen molar-refractivity contribution in [2.45, 2.75) is 19.4 Å². The van der Waals surface area contributed by atoms with Crippen molar-refractivity contribution < 1.29 is 13.2 Å². The number of rotatable bonds is 6. The highest BCUT2D eigenvalue weighted by molar-refractivity contribution is 7.91. The largest absolute Gasteiger partial charge is 0.368 e. The SMILES string of the molecule is C[C@@H](NC(=O)Cc1ccc(-c2ccccc2)cc1)c1ccc(N2CCS(=O)(=O)CC2)cn1. The minimum atomic E-state index is -2.91. The van der Waals surface area contributed by atoms with Gasteiger partial charge >= 0.3 is 0 Å². The van der Waals surface area contributed by atoms with Crippen LogP contribution in [-0.2, 0) is 21.1 Å². The highest BCUT2D eigenvalue weighted by Crippen LogP contribution is 2.21. The predicted octanol–water partition coefficient (Wildman–Crippen LogP) is 3.40. The van der Waals surface area contributed by atoms with Crippen LogP contribution in [0.2, 0.25) is 0 Å². The molecule has 6 nitrogen and oxygen atoms in total. The van der Waals surface area contributed by atoms with Gasteiger partial charge in [-0.2, -0.15) is 0 Å². The number of anilines is 1. The van der Waals surface area contributed by atoms with Crippen LogP contribution in [0.15, 0.2) is 72.9 Å². The molecule has 0 aliphatic carbocycles. The Balaban J connectivity index is 1.31. The Morgan fingerprint density at radius 2 is 1.62 bits per heavy atom. The molecule has 1 aromatic heterocycles. The number of amides is 1. The molecule has 0 saturated carbocycles. The maximum absolute atomic E-state index is 12.5. The van der Waals surface area contributed by atoms with Crippen LogP contribution in [0.1, 0.15) is 24.2 Å². The molecule has 1 saturated heterocycles. The van der Waals surface area contributed by atoms with Gasteiger partial charge in [0.15, 0.2) is 9.84 Å². The first kappa shape index (κ1) is 22.0. The molecule has 0 unspecified atom stereocenters. The van der Waals surface area contributed by atoms with Crippen molar-refractivity contribution in [3.05, 3.63) is 84.2 Å². The lowest BCUT2D eigenvalue weighted by atomic mass is 10.0. The maximum atomic E-state index is 12.5. The fourth-order valence-electron chi connectivity index (χ4n) is 3.81. The Morgan fingerprint density at radius 3 is 2.25 bits per heavy atom. The average Bonchev–Trinajstić information content (AvgIpc) is 2.80. The highest BCUT2D eigenvalue weighted by atomic mass is 32.2. The summed E-state index contributed by atoms with van der Waals surface area (Å²) in [6.07, 6.45) is 2.05. The van der Waals surface area contributed by atoms with Crippen LogP contribution in [0.25, 0.3) is 11.1 Å². The van der Waals surface area contributed by atoms with E-state index in [2.05, 4.69) is 22.4 Å². The third kappa shape index (κ3) is 5.53. The lowest BCUT2D eigenvalue weighted by Gasteiger charge is -2.28. The number of nitrogens with zero attached hydrogens (tertiary/aromatic N) is 2. The molecule has 2 aromatic carbocycles. The first-order valence-corrected chi connectivity index (χ1v) is 12.6. The zero-order valence-corrected chi connectivity index (χ0v) is 18.9. The zero-order chi connectivity index (χ0) is 22.6. The summed E-state index contributed by atoms with van der Waals surface area (Å²) in [4.78, 5) is 19.0. The van der Waals surface area contributed by atoms with Gasteiger partial charge in [-0.3, -0.25) is 9.78 Å². The molecular weight excluding hydrogens is 422 g/mol. The van der Waals surface area contributed by atoms with Gasteiger partial charge in [0, 0.05) is 13.1 Å². The Bertz CT molecular complexity index is 1150. The van der Waals surface area contributed by atoms with Gasteiger partial charge in [0.05, 0.1) is 41.5 Å². The maximum Gasteiger partial charge on any atom is 0.224 e. The normalized spacial score (nSPS) is 16.3. The first-order valence-electron chi connectivity index (χ1n) is 10.7. The van der Waals surface area contributed by atoms with Crippen molar-refractivity contribution in [3.63, 3.8) is 0 Å². The van der Waals surface area contributed by atoms with Crippen LogP contribution in [0.4, 0.5) is 5.69 Å². The summed E-state index contributed by atoms with van der Waals surface area (Å²) in [6.45, 7) is 2.88. The number of nitrogens with one attached hydrogen (secondary N) is 1. The van der Waals surface area contributed by atoms with E-state index in [1.54, 1.807) is 6.20 Å². The van der Waals surface area contributed by atoms with Gasteiger partial charge in [-0.1, -0.05) is 54.6 Å². The summed E-state index contributed by atoms with van der Waals surface area (Å²) in [5.41, 5.74) is 4.90. The number of hydrogen-bond donors (Lipinski definition) is 1. The van der Waals surface area contributed by atoms with Crippen LogP contribution < -0.4 is 10.2 Å². The standard InChI is InChI=1S/C25H27N3O3S/c1-19(24-12-11-23(18-26-24)28-13-15-32(30,31)16-14-28)27-25(29)17-20-7-9-22(10-8-20)21-5-3-2-4-6-21/h2-12,18-19H,13-17H2,1H3,(H,27,29)/t19-/m1/s1. The van der Waals surface area contributed by atoms with Gasteiger partial charge in [-0.15, -0.1) is 0 Å². The number of hydrogen-bond acceptors (Lipinski definition) is 5. The van der Waals surface area contributed by atoms with Gasteiger partial charge in [0.25, 0.3) is 0 Å². The molecular formula is C25H27N3O3S. The molecule has 2 heterocycles. The van der Waals surface area contributed by atoms with Gasteiger partial charge < -0.3 is 10.2 Å². The van der Waals surface area contributed by atoms with E-state index in [-0.39, 0.29) is 23.5 Å². The topological polar surface area (TPSA) is 79.4 Å². The van der Waals surface area contributed by atoms with Crippen LogP contribution in [0.3, 0.4) is 0 Å². The minimum Gasteiger partial charge on any atom is -0.368 e. The van der Waals surface area contributed by atoms with Crippen molar-refractivity contribution in [1.82, 2.24) is 10.3 Å². The second-order valence-corrected chi connectivity index (χ2v) is 10.4. The Hall–Kier alpha value is -3.19. The lowest BCUT2D eigenvalue weighted by Crippen LogP contribution is -2.40. The van der Waals surface area contributed by atoms with E-state index in [1.807, 2.05) is 66.4 Å². The van der Waals surface area contributed by atoms with E-state index in [0.29, 0.717) is 19.5 Å². The van der Waals surface area contributed by atoms with E-state index < -0.39 is 9.84 Å². The third-order valence-electron chi connectivity index (χ3n) is 5.73. The molecule has 1 amide bonds. The molecule has 166 valence electrons. The summed E-state index contributed by atoms with van der Waals surface area (Å²) >= 11 is 0. The molecule has 0 spiro atoms. The smallest absolute Gasteiger partial charge is 0.224 e. The number of pyridine rings is 1. The fourth-order valence-corrected chi connectivity index (χ4v) is 5.01. The second-order valence-electron chi connectivity index (χ2n) is 8.11. The molecule has 32 heavy (non-hydrogen) atoms. The van der Waals surface area contributed by atoms with Gasteiger partial charge in [-0.25, -0.2) is 8.42 Å². The number of sulfone groups is 1. The van der Waals surface area contributed by atoms with Crippen molar-refractivity contribution >= 4 is 21.4 Å². The number of benzene rings is 2. The van der Waals surface area contributed by atoms with Crippen LogP contribution in [0.5, 0.6) is 0 Å². The number of carbonyl (C=O) groups excluding carboxylic acids is 1. The Kier molecular flexibility index (Phi) is 6.55. The summed E-state index contributed by atoms with van der Waals surface area (Å²) in [6, 6.07) is 21.8. The molecule has 1 aliphatic heterocycles. The van der Waals surface area contributed by atoms with Gasteiger partial charge in [0.2, 0.25) is 5.91 Å². The monoisotopic (exact) mass is 449 g/mol. The number of aromatic nitrogens is 1. The van der Waals surface area contributed by atoms with E-state index in [0.717, 1.165) is 28.1 Å². The molecule has 0 bridgehead atoms. The van der Waals surface area contributed by atoms with Crippen LogP contribution in [-0.4, -0.2) is 43.9 Å². The van der Waals surface area contributed by atoms with Crippen molar-refractivity contribution in [3.8, 4) is 11.1 Å². The molecule has 3 aromatic rings. The zero-order valence-electron chi connectivity index (χ0n) is 18.1. The Morgan fingerprint density at radius 1 is 0.969 bits per heavy atom. The molecule has 4 rings (SSSR count). The summed E-state index contributed by atoms with van der Waals surface area (Å²) < 4.78 is 23.2. The van der Waals surface area contributed by atoms with E-state index in [9.17, 15) is 13.2 Å². The van der Waals surface area contributed by atoms with Crippen LogP contribution in [0, 0.1) is 0 Å². The fraction of sp³-hybridized carbons (Fsp3) is 0.280. The predicted molar refractivity (Wildman–Crippen MR) is 127 cm³/mol. The summed E-state index contributed by atoms with van der Waals surface area (Å²) in [7, 11) is -2.91. The van der Waals surface area contributed by atoms with Crippen molar-refractivity contribution in [2.24, 2.45) is 0 Å². The van der Waals surface area contributed by atoms with E-state index in [4.69, 9.17) is 0 Å². The number of carbonyl (C=O) groups is 1. The molecule has 1 N–H and O–H groups in total. The van der Waals surface area contributed by atoms with Crippen molar-refractivity contribution in [2.75, 3.05) is 29.5 Å². The molecule has 1 atom stereocenters. The summed E-state index contributed by atoms with van der Waals surface area (Å²) in [5.74, 6) is 0.290. The minimum absolute atomic E-state index is 0.0583. The molecule has 7 heteroatoms. The molecule has 1 fully saturated rings. The Labute approximate surface area is 189 Å². The van der Waals surface area contributed by atoms with E-state index in [1.165, 1.54) is 0 Å². The highest BCUT2D eigenvalue weighted by Gasteiger charge is 2.22. The second kappa shape index (κ2) is 9.53. The lowest BCUT2D eigenvalue weighted by molar-refractivity contribution is -0.121. The quantitative estimate of drug-likeness (QED) is 0.624. The third-order valence-corrected chi connectivity index (χ3v) is 7.34. The summed E-state index contributed by atoms with van der Waals surface area (Å²) in [5, 5.41) is 3.01. The van der Waals surface area contributed by atoms with Crippen molar-refractivity contribution in [1.29, 1.82) is 0 Å². The van der Waals surface area contributed by atoms with E-state index >= 15 is 0 Å². The van der Waals surface area contributed by atoms with Gasteiger partial charge in [-0.05, 0) is 35.7 Å².